The zero-order chi connectivity index (χ0) is 27.1. The van der Waals surface area contributed by atoms with Crippen LogP contribution in [0.15, 0.2) is 57.7 Å². The number of nitrogen functional groups attached to an aromatic ring is 1. The molecule has 0 aromatic heterocycles. The van der Waals surface area contributed by atoms with Crippen LogP contribution in [0.3, 0.4) is 0 Å². The molecule has 11 heteroatoms. The average molecular weight is 517 g/mol. The van der Waals surface area contributed by atoms with Gasteiger partial charge in [-0.2, -0.15) is 0 Å². The second-order valence-corrected chi connectivity index (χ2v) is 9.12. The van der Waals surface area contributed by atoms with Crippen molar-refractivity contribution >= 4 is 34.2 Å². The molecule has 194 valence electrons. The van der Waals surface area contributed by atoms with Crippen LogP contribution in [-0.2, 0) is 9.53 Å². The molecule has 0 spiro atoms. The Morgan fingerprint density at radius 2 is 1.84 bits per heavy atom. The molecular weight excluding hydrogens is 494 g/mol. The lowest BCUT2D eigenvalue weighted by atomic mass is 9.89. The molecule has 1 fully saturated rings. The zero-order valence-corrected chi connectivity index (χ0v) is 20.3. The van der Waals surface area contributed by atoms with Gasteiger partial charge in [-0.3, -0.25) is 24.5 Å². The van der Waals surface area contributed by atoms with E-state index in [9.17, 15) is 29.6 Å². The quantitative estimate of drug-likeness (QED) is 0.135. The minimum absolute atomic E-state index is 0.0375. The summed E-state index contributed by atoms with van der Waals surface area (Å²) in [5.74, 6) is -1.000. The van der Waals surface area contributed by atoms with E-state index in [0.717, 1.165) is 6.07 Å². The van der Waals surface area contributed by atoms with Gasteiger partial charge < -0.3 is 24.9 Å². The van der Waals surface area contributed by atoms with Crippen LogP contribution in [0.2, 0.25) is 0 Å². The first-order chi connectivity index (χ1) is 18.2. The van der Waals surface area contributed by atoms with Gasteiger partial charge in [0.1, 0.15) is 22.8 Å². The van der Waals surface area contributed by atoms with Crippen molar-refractivity contribution < 1.29 is 28.8 Å². The molecule has 2 aromatic carbocycles. The molecule has 0 saturated carbocycles. The van der Waals surface area contributed by atoms with Gasteiger partial charge in [0.2, 0.25) is 0 Å². The number of esters is 1. The molecule has 0 bridgehead atoms. The summed E-state index contributed by atoms with van der Waals surface area (Å²) < 4.78 is 10.7. The monoisotopic (exact) mass is 517 g/mol. The van der Waals surface area contributed by atoms with Crippen LogP contribution >= 0.6 is 0 Å². The fraction of sp³-hybridized carbons (Fsp3) is 0.222. The predicted octanol–water partition coefficient (Wildman–Crippen LogP) is 3.79. The lowest BCUT2D eigenvalue weighted by Gasteiger charge is -2.31. The molecular formula is C27H23N3O8. The number of fused-ring (bicyclic) bond motifs is 2. The van der Waals surface area contributed by atoms with Gasteiger partial charge in [0.25, 0.3) is 11.6 Å². The predicted molar refractivity (Wildman–Crippen MR) is 138 cm³/mol. The van der Waals surface area contributed by atoms with Crippen molar-refractivity contribution in [3.63, 3.8) is 0 Å². The van der Waals surface area contributed by atoms with Gasteiger partial charge in [0, 0.05) is 47.8 Å². The molecule has 3 aliphatic rings. The normalized spacial score (nSPS) is 14.1. The third-order valence-corrected chi connectivity index (χ3v) is 6.86. The number of phenolic OH excluding ortho intramolecular Hbond substituents is 1. The fourth-order valence-electron chi connectivity index (χ4n) is 4.95. The topological polar surface area (TPSA) is 166 Å². The smallest absolute Gasteiger partial charge is 0.308 e. The molecule has 5 rings (SSSR count). The number of nitro benzene ring substituents is 1. The van der Waals surface area contributed by atoms with Gasteiger partial charge in [0.05, 0.1) is 23.5 Å². The van der Waals surface area contributed by atoms with E-state index in [2.05, 4.69) is 0 Å². The summed E-state index contributed by atoms with van der Waals surface area (Å²) in [6.07, 6.45) is 0.791. The first-order valence-corrected chi connectivity index (χ1v) is 11.8. The molecule has 0 unspecified atom stereocenters. The minimum atomic E-state index is -0.655. The maximum absolute atomic E-state index is 13.8. The Morgan fingerprint density at radius 1 is 1.11 bits per heavy atom. The number of hydrogen-bond donors (Lipinski definition) is 2. The van der Waals surface area contributed by atoms with E-state index in [1.54, 1.807) is 12.1 Å². The van der Waals surface area contributed by atoms with Crippen LogP contribution in [-0.4, -0.2) is 47.0 Å². The van der Waals surface area contributed by atoms with Gasteiger partial charge in [0.15, 0.2) is 5.43 Å². The minimum Gasteiger partial charge on any atom is -0.508 e. The summed E-state index contributed by atoms with van der Waals surface area (Å²) in [4.78, 5) is 50.5. The van der Waals surface area contributed by atoms with Gasteiger partial charge in [-0.25, -0.2) is 0 Å². The molecule has 38 heavy (non-hydrogen) atoms. The van der Waals surface area contributed by atoms with E-state index in [1.165, 1.54) is 42.3 Å². The van der Waals surface area contributed by atoms with Crippen molar-refractivity contribution in [2.24, 2.45) is 5.92 Å². The number of aromatic hydroxyl groups is 1. The van der Waals surface area contributed by atoms with Gasteiger partial charge >= 0.3 is 5.97 Å². The number of phenols is 1. The van der Waals surface area contributed by atoms with Gasteiger partial charge in [-0.15, -0.1) is 0 Å². The van der Waals surface area contributed by atoms with E-state index < -0.39 is 16.5 Å². The van der Waals surface area contributed by atoms with Crippen molar-refractivity contribution in [3.05, 3.63) is 74.4 Å². The Bertz CT molecular complexity index is 1640. The number of nitrogens with two attached hydrogens (primary N) is 1. The van der Waals surface area contributed by atoms with Crippen LogP contribution in [0.4, 0.5) is 11.4 Å². The maximum atomic E-state index is 13.8. The number of anilines is 1. The lowest BCUT2D eigenvalue weighted by molar-refractivity contribution is -0.383. The number of piperidine rings is 1. The number of nitrogens with zero attached hydrogens (tertiary/aromatic N) is 2. The summed E-state index contributed by atoms with van der Waals surface area (Å²) in [5, 5.41) is 22.3. The summed E-state index contributed by atoms with van der Waals surface area (Å²) in [6, 6.07) is 11.1. The molecule has 3 N–H and O–H groups in total. The molecule has 0 radical (unpaired) electrons. The number of carbonyl (C=O) groups excluding carboxylic acids is 2. The van der Waals surface area contributed by atoms with E-state index in [4.69, 9.17) is 14.9 Å². The standard InChI is InChI=1S/C27H23N3O8/c1-37-27(34)14-6-8-29(9-7-14)26(33)20-13-22(30(35)36)21(28)12-19(20)25-17-4-2-15(31)10-23(17)38-24-11-16(32)3-5-18(24)25/h2-5,10-14,31H,6-9,28H2,1H3. The van der Waals surface area contributed by atoms with E-state index >= 15 is 0 Å². The summed E-state index contributed by atoms with van der Waals surface area (Å²) in [5.41, 5.74) is 6.74. The third-order valence-electron chi connectivity index (χ3n) is 6.86. The highest BCUT2D eigenvalue weighted by atomic mass is 16.6. The average Bonchev–Trinajstić information content (AvgIpc) is 2.90. The molecule has 1 saturated heterocycles. The number of hydrogen-bond acceptors (Lipinski definition) is 9. The summed E-state index contributed by atoms with van der Waals surface area (Å²) in [7, 11) is 1.32. The second kappa shape index (κ2) is 9.51. The fourth-order valence-corrected chi connectivity index (χ4v) is 4.95. The zero-order valence-electron chi connectivity index (χ0n) is 20.3. The van der Waals surface area contributed by atoms with Crippen LogP contribution in [0.5, 0.6) is 5.75 Å². The number of amides is 1. The number of rotatable bonds is 4. The highest BCUT2D eigenvalue weighted by Crippen LogP contribution is 2.44. The number of nitro groups is 1. The molecule has 0 atom stereocenters. The van der Waals surface area contributed by atoms with Crippen LogP contribution < -0.4 is 11.2 Å². The first kappa shape index (κ1) is 24.8. The largest absolute Gasteiger partial charge is 0.508 e. The maximum Gasteiger partial charge on any atom is 0.308 e. The SMILES string of the molecule is COC(=O)C1CCN(C(=O)c2cc([N+](=O)[O-])c(N)cc2-c2c3ccc(=O)cc-3oc3cc(O)ccc23)CC1. The van der Waals surface area contributed by atoms with Crippen molar-refractivity contribution in [1.82, 2.24) is 4.90 Å². The van der Waals surface area contributed by atoms with Gasteiger partial charge in [-0.05, 0) is 48.7 Å². The molecule has 1 amide bonds. The second-order valence-electron chi connectivity index (χ2n) is 9.12. The molecule has 2 aliphatic heterocycles. The number of carbonyl (C=O) groups is 2. The van der Waals surface area contributed by atoms with Crippen LogP contribution in [0, 0.1) is 16.0 Å². The number of ether oxygens (including phenoxy) is 1. The Kier molecular flexibility index (Phi) is 6.19. The molecule has 2 aromatic rings. The molecule has 1 aliphatic carbocycles. The number of benzene rings is 3. The third kappa shape index (κ3) is 4.27. The number of methoxy groups -OCH3 is 1. The lowest BCUT2D eigenvalue weighted by Crippen LogP contribution is -2.40. The van der Waals surface area contributed by atoms with Crippen molar-refractivity contribution in [2.75, 3.05) is 25.9 Å². The van der Waals surface area contributed by atoms with E-state index in [1.807, 2.05) is 0 Å². The van der Waals surface area contributed by atoms with Crippen LogP contribution in [0.25, 0.3) is 33.4 Å². The highest BCUT2D eigenvalue weighted by Gasteiger charge is 2.32. The van der Waals surface area contributed by atoms with Crippen LogP contribution in [0.1, 0.15) is 23.2 Å². The van der Waals surface area contributed by atoms with E-state index in [-0.39, 0.29) is 58.7 Å². The molecule has 2 heterocycles. The van der Waals surface area contributed by atoms with E-state index in [0.29, 0.717) is 34.9 Å². The Balaban J connectivity index is 1.73. The number of likely N-dealkylation sites (tertiary alicyclic amines) is 1. The summed E-state index contributed by atoms with van der Waals surface area (Å²) in [6.45, 7) is 0.518. The highest BCUT2D eigenvalue weighted by molar-refractivity contribution is 6.10. The van der Waals surface area contributed by atoms with Crippen molar-refractivity contribution in [1.29, 1.82) is 0 Å². The Labute approximate surface area is 215 Å². The van der Waals surface area contributed by atoms with Gasteiger partial charge in [-0.1, -0.05) is 0 Å². The first-order valence-electron chi connectivity index (χ1n) is 11.8. The summed E-state index contributed by atoms with van der Waals surface area (Å²) >= 11 is 0. The van der Waals surface area contributed by atoms with Crippen molar-refractivity contribution in [3.8, 4) is 28.2 Å². The molecule has 11 nitrogen and oxygen atoms in total. The Morgan fingerprint density at radius 3 is 2.53 bits per heavy atom. The Hall–Kier alpha value is -4.93. The van der Waals surface area contributed by atoms with Crippen molar-refractivity contribution in [2.45, 2.75) is 12.8 Å².